The molecule has 1 aromatic heterocycles. The first-order valence-corrected chi connectivity index (χ1v) is 5.93. The Kier molecular flexibility index (Phi) is 5.93. The average molecular weight is 253 g/mol. The Labute approximate surface area is 106 Å². The van der Waals surface area contributed by atoms with Crippen molar-refractivity contribution in [2.24, 2.45) is 0 Å². The van der Waals surface area contributed by atoms with E-state index in [0.29, 0.717) is 18.8 Å². The van der Waals surface area contributed by atoms with Gasteiger partial charge >= 0.3 is 0 Å². The fraction of sp³-hybridized carbons (Fsp3) is 0.500. The van der Waals surface area contributed by atoms with Crippen LogP contribution in [0.15, 0.2) is 22.8 Å². The van der Waals surface area contributed by atoms with Gasteiger partial charge < -0.3 is 15.1 Å². The Hall–Kier alpha value is -1.82. The van der Waals surface area contributed by atoms with Gasteiger partial charge in [-0.1, -0.05) is 0 Å². The predicted molar refractivity (Wildman–Crippen MR) is 66.7 cm³/mol. The lowest BCUT2D eigenvalue weighted by molar-refractivity contribution is -0.123. The van der Waals surface area contributed by atoms with Gasteiger partial charge in [0.05, 0.1) is 25.4 Å². The minimum Gasteiger partial charge on any atom is -0.467 e. The van der Waals surface area contributed by atoms with Crippen LogP contribution < -0.4 is 16.0 Å². The van der Waals surface area contributed by atoms with E-state index >= 15 is 0 Å². The van der Waals surface area contributed by atoms with E-state index in [4.69, 9.17) is 4.42 Å². The lowest BCUT2D eigenvalue weighted by Crippen LogP contribution is -2.45. The fourth-order valence-corrected chi connectivity index (χ4v) is 1.34. The zero-order valence-electron chi connectivity index (χ0n) is 10.7. The van der Waals surface area contributed by atoms with Crippen LogP contribution in [-0.4, -0.2) is 30.9 Å². The molecule has 0 saturated carbocycles. The molecule has 100 valence electrons. The summed E-state index contributed by atoms with van der Waals surface area (Å²) in [6.07, 6.45) is 1.55. The second-order valence-corrected chi connectivity index (χ2v) is 3.85. The molecule has 6 heteroatoms. The molecule has 1 aromatic rings. The van der Waals surface area contributed by atoms with E-state index in [0.717, 1.165) is 0 Å². The zero-order chi connectivity index (χ0) is 13.4. The molecule has 2 amide bonds. The molecule has 6 nitrogen and oxygen atoms in total. The normalized spacial score (nSPS) is 11.9. The standard InChI is InChI=1S/C12H19N3O3/c1-3-13-11(16)8-14-9(2)12(17)15-7-10-5-4-6-18-10/h4-6,9,14H,3,7-8H2,1-2H3,(H,13,16)(H,15,17). The number of hydrogen-bond acceptors (Lipinski definition) is 4. The minimum atomic E-state index is -0.428. The molecule has 1 heterocycles. The maximum atomic E-state index is 11.7. The summed E-state index contributed by atoms with van der Waals surface area (Å²) in [6, 6.07) is 3.12. The number of rotatable bonds is 7. The highest BCUT2D eigenvalue weighted by Crippen LogP contribution is 1.98. The number of likely N-dealkylation sites (N-methyl/N-ethyl adjacent to an activating group) is 1. The first-order chi connectivity index (χ1) is 8.63. The van der Waals surface area contributed by atoms with Gasteiger partial charge in [0.25, 0.3) is 0 Å². The van der Waals surface area contributed by atoms with E-state index in [1.807, 2.05) is 6.92 Å². The van der Waals surface area contributed by atoms with Gasteiger partial charge in [-0.15, -0.1) is 0 Å². The summed E-state index contributed by atoms with van der Waals surface area (Å²) in [5.74, 6) is 0.401. The van der Waals surface area contributed by atoms with Crippen molar-refractivity contribution in [1.82, 2.24) is 16.0 Å². The molecule has 0 spiro atoms. The third-order valence-electron chi connectivity index (χ3n) is 2.35. The summed E-state index contributed by atoms with van der Waals surface area (Å²) in [5, 5.41) is 8.20. The number of hydrogen-bond donors (Lipinski definition) is 3. The second-order valence-electron chi connectivity index (χ2n) is 3.85. The van der Waals surface area contributed by atoms with E-state index in [2.05, 4.69) is 16.0 Å². The second kappa shape index (κ2) is 7.50. The van der Waals surface area contributed by atoms with Crippen LogP contribution in [0.4, 0.5) is 0 Å². The summed E-state index contributed by atoms with van der Waals surface area (Å²) >= 11 is 0. The third-order valence-corrected chi connectivity index (χ3v) is 2.35. The van der Waals surface area contributed by atoms with Crippen LogP contribution in [0.1, 0.15) is 19.6 Å². The molecule has 3 N–H and O–H groups in total. The lowest BCUT2D eigenvalue weighted by Gasteiger charge is -2.13. The smallest absolute Gasteiger partial charge is 0.237 e. The van der Waals surface area contributed by atoms with Crippen molar-refractivity contribution >= 4 is 11.8 Å². The van der Waals surface area contributed by atoms with Crippen LogP contribution in [0, 0.1) is 0 Å². The van der Waals surface area contributed by atoms with E-state index in [1.54, 1.807) is 25.3 Å². The molecule has 0 aliphatic carbocycles. The maximum Gasteiger partial charge on any atom is 0.237 e. The monoisotopic (exact) mass is 253 g/mol. The highest BCUT2D eigenvalue weighted by atomic mass is 16.3. The molecule has 0 aliphatic heterocycles. The zero-order valence-corrected chi connectivity index (χ0v) is 10.7. The molecule has 1 atom stereocenters. The number of carbonyl (C=O) groups is 2. The first-order valence-electron chi connectivity index (χ1n) is 5.93. The number of furan rings is 1. The van der Waals surface area contributed by atoms with Gasteiger partial charge in [-0.3, -0.25) is 14.9 Å². The van der Waals surface area contributed by atoms with Crippen LogP contribution in [-0.2, 0) is 16.1 Å². The van der Waals surface area contributed by atoms with Gasteiger partial charge in [0.15, 0.2) is 0 Å². The molecule has 18 heavy (non-hydrogen) atoms. The summed E-state index contributed by atoms with van der Waals surface area (Å²) < 4.78 is 5.09. The van der Waals surface area contributed by atoms with E-state index in [1.165, 1.54) is 0 Å². The van der Waals surface area contributed by atoms with Crippen molar-refractivity contribution in [2.75, 3.05) is 13.1 Å². The quantitative estimate of drug-likeness (QED) is 0.639. The maximum absolute atomic E-state index is 11.7. The summed E-state index contributed by atoms with van der Waals surface area (Å²) in [6.45, 7) is 4.61. The average Bonchev–Trinajstić information content (AvgIpc) is 2.86. The topological polar surface area (TPSA) is 83.4 Å². The molecule has 0 saturated heterocycles. The number of carbonyl (C=O) groups excluding carboxylic acids is 2. The Morgan fingerprint density at radius 3 is 2.78 bits per heavy atom. The van der Waals surface area contributed by atoms with Gasteiger partial charge in [-0.25, -0.2) is 0 Å². The number of nitrogens with one attached hydrogen (secondary N) is 3. The Morgan fingerprint density at radius 1 is 1.39 bits per heavy atom. The van der Waals surface area contributed by atoms with Gasteiger partial charge in [-0.2, -0.15) is 0 Å². The first kappa shape index (κ1) is 14.2. The Balaban J connectivity index is 2.22. The Bertz CT molecular complexity index is 376. The summed E-state index contributed by atoms with van der Waals surface area (Å²) in [7, 11) is 0. The molecule has 0 fully saturated rings. The van der Waals surface area contributed by atoms with Crippen molar-refractivity contribution in [3.05, 3.63) is 24.2 Å². The van der Waals surface area contributed by atoms with Crippen LogP contribution in [0.2, 0.25) is 0 Å². The van der Waals surface area contributed by atoms with Crippen molar-refractivity contribution in [1.29, 1.82) is 0 Å². The van der Waals surface area contributed by atoms with Gasteiger partial charge in [-0.05, 0) is 26.0 Å². The highest BCUT2D eigenvalue weighted by molar-refractivity contribution is 5.83. The van der Waals surface area contributed by atoms with E-state index in [9.17, 15) is 9.59 Å². The fourth-order valence-electron chi connectivity index (χ4n) is 1.34. The number of amides is 2. The minimum absolute atomic E-state index is 0.122. The highest BCUT2D eigenvalue weighted by Gasteiger charge is 2.13. The van der Waals surface area contributed by atoms with Crippen molar-refractivity contribution in [2.45, 2.75) is 26.4 Å². The van der Waals surface area contributed by atoms with Gasteiger partial charge in [0.1, 0.15) is 5.76 Å². The molecule has 0 aliphatic rings. The molecule has 0 aromatic carbocycles. The summed E-state index contributed by atoms with van der Waals surface area (Å²) in [4.78, 5) is 22.9. The van der Waals surface area contributed by atoms with Crippen LogP contribution in [0.3, 0.4) is 0 Å². The third kappa shape index (κ3) is 5.01. The summed E-state index contributed by atoms with van der Waals surface area (Å²) in [5.41, 5.74) is 0. The molecular weight excluding hydrogens is 234 g/mol. The molecule has 1 rings (SSSR count). The van der Waals surface area contributed by atoms with Crippen molar-refractivity contribution < 1.29 is 14.0 Å². The largest absolute Gasteiger partial charge is 0.467 e. The molecular formula is C12H19N3O3. The lowest BCUT2D eigenvalue weighted by atomic mass is 10.3. The van der Waals surface area contributed by atoms with Crippen LogP contribution >= 0.6 is 0 Å². The molecule has 0 radical (unpaired) electrons. The molecule has 1 unspecified atom stereocenters. The van der Waals surface area contributed by atoms with Gasteiger partial charge in [0, 0.05) is 6.54 Å². The molecule has 0 bridgehead atoms. The predicted octanol–water partition coefficient (Wildman–Crippen LogP) is 0.0100. The van der Waals surface area contributed by atoms with Crippen LogP contribution in [0.25, 0.3) is 0 Å². The van der Waals surface area contributed by atoms with Crippen LogP contribution in [0.5, 0.6) is 0 Å². The van der Waals surface area contributed by atoms with Crippen molar-refractivity contribution in [3.63, 3.8) is 0 Å². The van der Waals surface area contributed by atoms with Gasteiger partial charge in [0.2, 0.25) is 11.8 Å². The SMILES string of the molecule is CCNC(=O)CNC(C)C(=O)NCc1ccco1. The Morgan fingerprint density at radius 2 is 2.17 bits per heavy atom. The van der Waals surface area contributed by atoms with E-state index in [-0.39, 0.29) is 18.4 Å². The van der Waals surface area contributed by atoms with Crippen molar-refractivity contribution in [3.8, 4) is 0 Å². The van der Waals surface area contributed by atoms with E-state index < -0.39 is 6.04 Å².